The van der Waals surface area contributed by atoms with Crippen molar-refractivity contribution in [3.8, 4) is 0 Å². The summed E-state index contributed by atoms with van der Waals surface area (Å²) in [7, 11) is 0. The average Bonchev–Trinajstić information content (AvgIpc) is 3.11. The van der Waals surface area contributed by atoms with Gasteiger partial charge in [0.1, 0.15) is 0 Å². The van der Waals surface area contributed by atoms with Crippen molar-refractivity contribution in [2.75, 3.05) is 19.6 Å². The molecule has 5 nitrogen and oxygen atoms in total. The third kappa shape index (κ3) is 3.40. The fourth-order valence-corrected chi connectivity index (χ4v) is 6.13. The second kappa shape index (κ2) is 7.43. The van der Waals surface area contributed by atoms with E-state index in [9.17, 15) is 9.59 Å². The molecule has 2 aliphatic rings. The van der Waals surface area contributed by atoms with Gasteiger partial charge in [-0.05, 0) is 40.8 Å². The van der Waals surface area contributed by atoms with E-state index >= 15 is 0 Å². The number of hydrogen-bond donors (Lipinski definition) is 1. The maximum atomic E-state index is 12.7. The summed E-state index contributed by atoms with van der Waals surface area (Å²) in [6.07, 6.45) is 1.08. The number of carbonyl (C=O) groups is 1. The van der Waals surface area contributed by atoms with Gasteiger partial charge in [0.2, 0.25) is 5.91 Å². The van der Waals surface area contributed by atoms with Crippen molar-refractivity contribution in [1.82, 2.24) is 14.8 Å². The number of hydrogen-bond acceptors (Lipinski definition) is 4. The van der Waals surface area contributed by atoms with E-state index in [2.05, 4.69) is 45.9 Å². The summed E-state index contributed by atoms with van der Waals surface area (Å²) in [6.45, 7) is 4.90. The van der Waals surface area contributed by atoms with E-state index in [0.717, 1.165) is 31.7 Å². The van der Waals surface area contributed by atoms with E-state index in [1.54, 1.807) is 17.4 Å². The van der Waals surface area contributed by atoms with E-state index < -0.39 is 0 Å². The molecule has 2 aromatic heterocycles. The zero-order chi connectivity index (χ0) is 20.0. The number of thiophene rings is 1. The zero-order valence-electron chi connectivity index (χ0n) is 16.5. The molecule has 150 valence electrons. The molecule has 2 bridgehead atoms. The molecule has 3 aromatic rings. The average molecular weight is 408 g/mol. The Kier molecular flexibility index (Phi) is 4.76. The summed E-state index contributed by atoms with van der Waals surface area (Å²) in [5, 5.41) is 6.58. The molecule has 0 saturated carbocycles. The van der Waals surface area contributed by atoms with Crippen LogP contribution in [0.3, 0.4) is 0 Å². The van der Waals surface area contributed by atoms with Crippen LogP contribution in [0.5, 0.6) is 0 Å². The van der Waals surface area contributed by atoms with Gasteiger partial charge in [0, 0.05) is 55.5 Å². The number of piperidine rings is 1. The molecule has 6 heteroatoms. The number of fused-ring (bicyclic) bond motifs is 5. The van der Waals surface area contributed by atoms with Crippen LogP contribution in [-0.4, -0.2) is 35.0 Å². The van der Waals surface area contributed by atoms with Crippen LogP contribution in [-0.2, 0) is 11.3 Å². The van der Waals surface area contributed by atoms with Gasteiger partial charge in [0.15, 0.2) is 0 Å². The molecule has 3 atom stereocenters. The molecule has 0 aliphatic carbocycles. The summed E-state index contributed by atoms with van der Waals surface area (Å²) in [5.74, 6) is 0.675. The molecule has 1 N–H and O–H groups in total. The molecule has 1 fully saturated rings. The van der Waals surface area contributed by atoms with Gasteiger partial charge >= 0.3 is 0 Å². The Bertz CT molecular complexity index is 1120. The Morgan fingerprint density at radius 2 is 2.03 bits per heavy atom. The van der Waals surface area contributed by atoms with Crippen LogP contribution < -0.4 is 10.9 Å². The normalized spacial score (nSPS) is 23.7. The Balaban J connectivity index is 1.45. The first-order valence-electron chi connectivity index (χ1n) is 10.2. The maximum absolute atomic E-state index is 12.7. The van der Waals surface area contributed by atoms with Crippen LogP contribution in [0.1, 0.15) is 36.6 Å². The highest BCUT2D eigenvalue weighted by Gasteiger charge is 2.40. The molecule has 2 aliphatic heterocycles. The van der Waals surface area contributed by atoms with Gasteiger partial charge in [-0.2, -0.15) is 0 Å². The predicted octanol–water partition coefficient (Wildman–Crippen LogP) is 3.36. The summed E-state index contributed by atoms with van der Waals surface area (Å²) in [5.41, 5.74) is 2.54. The molecule has 1 aromatic carbocycles. The van der Waals surface area contributed by atoms with Crippen LogP contribution in [0.2, 0.25) is 0 Å². The third-order valence-corrected chi connectivity index (χ3v) is 7.40. The Morgan fingerprint density at radius 1 is 1.17 bits per heavy atom. The second-order valence-corrected chi connectivity index (χ2v) is 9.22. The minimum absolute atomic E-state index is 0.0147. The molecule has 1 amide bonds. The summed E-state index contributed by atoms with van der Waals surface area (Å²) in [4.78, 5) is 26.8. The predicted molar refractivity (Wildman–Crippen MR) is 116 cm³/mol. The fourth-order valence-electron chi connectivity index (χ4n) is 5.17. The topological polar surface area (TPSA) is 54.3 Å². The van der Waals surface area contributed by atoms with Gasteiger partial charge in [-0.15, -0.1) is 11.3 Å². The highest BCUT2D eigenvalue weighted by atomic mass is 32.1. The van der Waals surface area contributed by atoms with Crippen molar-refractivity contribution < 1.29 is 4.79 Å². The van der Waals surface area contributed by atoms with E-state index in [-0.39, 0.29) is 17.5 Å². The van der Waals surface area contributed by atoms with Crippen molar-refractivity contribution in [1.29, 1.82) is 0 Å². The lowest BCUT2D eigenvalue weighted by atomic mass is 9.78. The number of pyridine rings is 1. The lowest BCUT2D eigenvalue weighted by Crippen LogP contribution is -2.51. The van der Waals surface area contributed by atoms with Gasteiger partial charge in [-0.3, -0.25) is 14.5 Å². The molecule has 4 heterocycles. The molecule has 29 heavy (non-hydrogen) atoms. The monoisotopic (exact) mass is 407 g/mol. The van der Waals surface area contributed by atoms with Crippen molar-refractivity contribution in [3.63, 3.8) is 0 Å². The molecule has 0 radical (unpaired) electrons. The minimum atomic E-state index is -0.0462. The summed E-state index contributed by atoms with van der Waals surface area (Å²) >= 11 is 1.81. The largest absolute Gasteiger partial charge is 0.354 e. The van der Waals surface area contributed by atoms with Gasteiger partial charge in [0.05, 0.1) is 6.04 Å². The van der Waals surface area contributed by atoms with Crippen molar-refractivity contribution in [3.05, 3.63) is 69.5 Å². The first kappa shape index (κ1) is 18.6. The lowest BCUT2D eigenvalue weighted by molar-refractivity contribution is -0.119. The van der Waals surface area contributed by atoms with Crippen LogP contribution in [0.4, 0.5) is 0 Å². The number of aromatic nitrogens is 1. The van der Waals surface area contributed by atoms with Crippen molar-refractivity contribution in [2.45, 2.75) is 31.8 Å². The van der Waals surface area contributed by atoms with Crippen molar-refractivity contribution in [2.24, 2.45) is 5.92 Å². The SMILES string of the molecule is CC(=O)NC[C@H]1[C@H]2C[C@H](CN(Cc3csc4ccccc34)C2)c2cccc(=O)n21. The van der Waals surface area contributed by atoms with Crippen LogP contribution >= 0.6 is 11.3 Å². The number of carbonyl (C=O) groups excluding carboxylic acids is 1. The number of nitrogens with zero attached hydrogens (tertiary/aromatic N) is 2. The number of nitrogens with one attached hydrogen (secondary N) is 1. The smallest absolute Gasteiger partial charge is 0.251 e. The Hall–Kier alpha value is -2.44. The quantitative estimate of drug-likeness (QED) is 0.722. The molecule has 1 saturated heterocycles. The van der Waals surface area contributed by atoms with Crippen LogP contribution in [0.25, 0.3) is 10.1 Å². The summed E-state index contributed by atoms with van der Waals surface area (Å²) in [6, 6.07) is 14.2. The number of amides is 1. The van der Waals surface area contributed by atoms with Gasteiger partial charge < -0.3 is 9.88 Å². The lowest BCUT2D eigenvalue weighted by Gasteiger charge is -2.47. The first-order valence-corrected chi connectivity index (χ1v) is 11.1. The second-order valence-electron chi connectivity index (χ2n) is 8.31. The van der Waals surface area contributed by atoms with Crippen molar-refractivity contribution >= 4 is 27.3 Å². The minimum Gasteiger partial charge on any atom is -0.354 e. The van der Waals surface area contributed by atoms with E-state index in [1.807, 2.05) is 10.6 Å². The van der Waals surface area contributed by atoms with Gasteiger partial charge in [-0.1, -0.05) is 24.3 Å². The summed E-state index contributed by atoms with van der Waals surface area (Å²) < 4.78 is 3.28. The highest BCUT2D eigenvalue weighted by Crippen LogP contribution is 2.41. The molecular formula is C23H25N3O2S. The fraction of sp³-hybridized carbons (Fsp3) is 0.391. The molecule has 0 unspecified atom stereocenters. The third-order valence-electron chi connectivity index (χ3n) is 6.39. The highest BCUT2D eigenvalue weighted by molar-refractivity contribution is 7.17. The Morgan fingerprint density at radius 3 is 2.90 bits per heavy atom. The number of likely N-dealkylation sites (tertiary alicyclic amines) is 1. The van der Waals surface area contributed by atoms with Crippen LogP contribution in [0.15, 0.2) is 52.6 Å². The zero-order valence-corrected chi connectivity index (χ0v) is 17.3. The molecule has 0 spiro atoms. The van der Waals surface area contributed by atoms with E-state index in [0.29, 0.717) is 18.4 Å². The number of rotatable bonds is 4. The molecular weight excluding hydrogens is 382 g/mol. The van der Waals surface area contributed by atoms with Gasteiger partial charge in [-0.25, -0.2) is 0 Å². The molecule has 5 rings (SSSR count). The number of benzene rings is 1. The maximum Gasteiger partial charge on any atom is 0.251 e. The van der Waals surface area contributed by atoms with E-state index in [4.69, 9.17) is 0 Å². The Labute approximate surface area is 174 Å². The van der Waals surface area contributed by atoms with E-state index in [1.165, 1.54) is 22.6 Å². The first-order chi connectivity index (χ1) is 14.1. The standard InChI is InChI=1S/C23H25N3O2S/c1-15(27)24-10-21-17-9-16(20-6-4-8-23(28)26(20)21)11-25(12-17)13-18-14-29-22-7-3-2-5-19(18)22/h2-8,14,16-17,21H,9-13H2,1H3,(H,24,27)/t16-,17+,21+/m1/s1. The van der Waals surface area contributed by atoms with Crippen LogP contribution in [0, 0.1) is 5.92 Å². The van der Waals surface area contributed by atoms with Gasteiger partial charge in [0.25, 0.3) is 5.56 Å².